The van der Waals surface area contributed by atoms with Crippen molar-refractivity contribution < 1.29 is 24.1 Å². The molecule has 3 unspecified atom stereocenters. The number of aliphatic hydroxyl groups excluding tert-OH is 1. The first-order valence-electron chi connectivity index (χ1n) is 14.6. The normalized spacial score (nSPS) is 14.6. The Hall–Kier alpha value is -2.61. The van der Waals surface area contributed by atoms with Crippen molar-refractivity contribution in [1.29, 1.82) is 0 Å². The van der Waals surface area contributed by atoms with Gasteiger partial charge in [-0.1, -0.05) is 63.6 Å². The molecule has 0 spiro atoms. The Balaban J connectivity index is 2.01. The Kier molecular flexibility index (Phi) is 14.5. The van der Waals surface area contributed by atoms with Crippen molar-refractivity contribution in [1.82, 2.24) is 5.32 Å². The number of methoxy groups -OCH3 is 2. The molecule has 0 heterocycles. The molecule has 0 aliphatic rings. The van der Waals surface area contributed by atoms with Crippen molar-refractivity contribution in [3.05, 3.63) is 59.2 Å². The number of nitrogens with one attached hydrogen (secondary N) is 1. The van der Waals surface area contributed by atoms with Crippen molar-refractivity contribution >= 4 is 5.91 Å². The first kappa shape index (κ1) is 33.6. The average Bonchev–Trinajstić information content (AvgIpc) is 2.92. The SMILES string of the molecule is COCCCOc1cc(CC(CC(N)C(O)C[C@H](C(=O)NCc2cccc(C)c2)C(C)C)C(C)C)ccc1OC. The van der Waals surface area contributed by atoms with Crippen molar-refractivity contribution in [3.63, 3.8) is 0 Å². The van der Waals surface area contributed by atoms with E-state index in [2.05, 4.69) is 31.3 Å². The third-order valence-electron chi connectivity index (χ3n) is 7.67. The van der Waals surface area contributed by atoms with Gasteiger partial charge >= 0.3 is 0 Å². The number of hydrogen-bond donors (Lipinski definition) is 3. The van der Waals surface area contributed by atoms with E-state index in [1.165, 1.54) is 0 Å². The lowest BCUT2D eigenvalue weighted by Gasteiger charge is -2.30. The van der Waals surface area contributed by atoms with Crippen molar-refractivity contribution in [3.8, 4) is 11.5 Å². The molecule has 0 saturated heterocycles. The Morgan fingerprint density at radius 2 is 1.70 bits per heavy atom. The van der Waals surface area contributed by atoms with Gasteiger partial charge in [0.1, 0.15) is 0 Å². The minimum absolute atomic E-state index is 0.0422. The van der Waals surface area contributed by atoms with Crippen LogP contribution in [0.5, 0.6) is 11.5 Å². The molecule has 4 atom stereocenters. The lowest BCUT2D eigenvalue weighted by Crippen LogP contribution is -2.42. The maximum absolute atomic E-state index is 13.1. The molecule has 2 aromatic carbocycles. The van der Waals surface area contributed by atoms with Crippen LogP contribution in [0.25, 0.3) is 0 Å². The van der Waals surface area contributed by atoms with Gasteiger partial charge in [0.2, 0.25) is 5.91 Å². The third kappa shape index (κ3) is 11.1. The van der Waals surface area contributed by atoms with E-state index < -0.39 is 12.1 Å². The molecule has 0 aromatic heterocycles. The molecular formula is C33H52N2O5. The molecule has 2 aromatic rings. The number of benzene rings is 2. The molecule has 4 N–H and O–H groups in total. The summed E-state index contributed by atoms with van der Waals surface area (Å²) in [5.74, 6) is 1.77. The number of rotatable bonds is 18. The summed E-state index contributed by atoms with van der Waals surface area (Å²) in [5, 5.41) is 14.2. The van der Waals surface area contributed by atoms with E-state index in [1.807, 2.05) is 51.1 Å². The predicted octanol–water partition coefficient (Wildman–Crippen LogP) is 5.29. The summed E-state index contributed by atoms with van der Waals surface area (Å²) < 4.78 is 16.6. The summed E-state index contributed by atoms with van der Waals surface area (Å²) in [6, 6.07) is 13.7. The molecule has 40 heavy (non-hydrogen) atoms. The second-order valence-corrected chi connectivity index (χ2v) is 11.6. The average molecular weight is 557 g/mol. The number of aliphatic hydroxyl groups is 1. The van der Waals surface area contributed by atoms with Crippen LogP contribution in [0.3, 0.4) is 0 Å². The third-order valence-corrected chi connectivity index (χ3v) is 7.67. The minimum atomic E-state index is -0.770. The highest BCUT2D eigenvalue weighted by molar-refractivity contribution is 5.78. The summed E-state index contributed by atoms with van der Waals surface area (Å²) in [7, 11) is 3.32. The number of amides is 1. The van der Waals surface area contributed by atoms with Crippen molar-refractivity contribution in [2.24, 2.45) is 29.4 Å². The highest BCUT2D eigenvalue weighted by Gasteiger charge is 2.29. The largest absolute Gasteiger partial charge is 0.493 e. The van der Waals surface area contributed by atoms with Gasteiger partial charge in [-0.15, -0.1) is 0 Å². The zero-order valence-corrected chi connectivity index (χ0v) is 25.6. The number of ether oxygens (including phenoxy) is 3. The van der Waals surface area contributed by atoms with Gasteiger partial charge in [-0.05, 0) is 67.2 Å². The van der Waals surface area contributed by atoms with Crippen LogP contribution in [0.4, 0.5) is 0 Å². The second kappa shape index (κ2) is 17.3. The zero-order chi connectivity index (χ0) is 29.7. The van der Waals surface area contributed by atoms with Gasteiger partial charge in [0.05, 0.1) is 19.8 Å². The Morgan fingerprint density at radius 1 is 0.950 bits per heavy atom. The van der Waals surface area contributed by atoms with E-state index >= 15 is 0 Å². The molecule has 1 amide bonds. The Morgan fingerprint density at radius 3 is 2.33 bits per heavy atom. The highest BCUT2D eigenvalue weighted by atomic mass is 16.5. The standard InChI is InChI=1S/C33H52N2O5/c1-22(2)27(17-25-12-13-31(39-7)32(18-25)40-15-9-14-38-6)19-29(34)30(36)20-28(23(3)4)33(37)35-21-26-11-8-10-24(5)16-26/h8,10-13,16,18,22-23,27-30,36H,9,14-15,17,19-21,34H2,1-7H3,(H,35,37)/t27?,28-,29?,30?/m0/s1. The number of hydrogen-bond acceptors (Lipinski definition) is 6. The predicted molar refractivity (Wildman–Crippen MR) is 162 cm³/mol. The van der Waals surface area contributed by atoms with E-state index in [4.69, 9.17) is 19.9 Å². The Labute approximate surface area is 241 Å². The van der Waals surface area contributed by atoms with Gasteiger partial charge in [0.25, 0.3) is 0 Å². The number of aryl methyl sites for hydroxylation is 1. The summed E-state index contributed by atoms with van der Waals surface area (Å²) >= 11 is 0. The van der Waals surface area contributed by atoms with Crippen LogP contribution in [0.1, 0.15) is 63.6 Å². The van der Waals surface area contributed by atoms with Crippen LogP contribution >= 0.6 is 0 Å². The van der Waals surface area contributed by atoms with Crippen LogP contribution in [-0.2, 0) is 22.5 Å². The summed E-state index contributed by atoms with van der Waals surface area (Å²) in [5.41, 5.74) is 9.93. The molecule has 0 aliphatic carbocycles. The fourth-order valence-electron chi connectivity index (χ4n) is 5.01. The molecule has 0 fully saturated rings. The zero-order valence-electron chi connectivity index (χ0n) is 25.6. The highest BCUT2D eigenvalue weighted by Crippen LogP contribution is 2.31. The smallest absolute Gasteiger partial charge is 0.223 e. The molecule has 0 saturated carbocycles. The number of carbonyl (C=O) groups is 1. The van der Waals surface area contributed by atoms with E-state index in [0.29, 0.717) is 44.3 Å². The first-order valence-corrected chi connectivity index (χ1v) is 14.6. The van der Waals surface area contributed by atoms with Crippen LogP contribution in [0.2, 0.25) is 0 Å². The van der Waals surface area contributed by atoms with E-state index in [1.54, 1.807) is 14.2 Å². The molecule has 0 aliphatic heterocycles. The van der Waals surface area contributed by atoms with Gasteiger partial charge in [0, 0.05) is 38.6 Å². The van der Waals surface area contributed by atoms with Crippen LogP contribution in [0.15, 0.2) is 42.5 Å². The van der Waals surface area contributed by atoms with E-state index in [-0.39, 0.29) is 23.7 Å². The second-order valence-electron chi connectivity index (χ2n) is 11.6. The maximum atomic E-state index is 13.1. The van der Waals surface area contributed by atoms with Gasteiger partial charge in [-0.25, -0.2) is 0 Å². The first-order chi connectivity index (χ1) is 19.0. The molecule has 0 radical (unpaired) electrons. The molecule has 7 heteroatoms. The van der Waals surface area contributed by atoms with E-state index in [0.717, 1.165) is 35.3 Å². The lowest BCUT2D eigenvalue weighted by atomic mass is 9.81. The molecule has 7 nitrogen and oxygen atoms in total. The van der Waals surface area contributed by atoms with Gasteiger partial charge < -0.3 is 30.4 Å². The molecular weight excluding hydrogens is 504 g/mol. The summed E-state index contributed by atoms with van der Waals surface area (Å²) in [6.07, 6.45) is 1.83. The maximum Gasteiger partial charge on any atom is 0.223 e. The van der Waals surface area contributed by atoms with Crippen LogP contribution < -0.4 is 20.5 Å². The fraction of sp³-hybridized carbons (Fsp3) is 0.606. The van der Waals surface area contributed by atoms with Crippen molar-refractivity contribution in [2.75, 3.05) is 27.4 Å². The van der Waals surface area contributed by atoms with Gasteiger partial charge in [-0.2, -0.15) is 0 Å². The molecule has 0 bridgehead atoms. The summed E-state index contributed by atoms with van der Waals surface area (Å²) in [6.45, 7) is 12.1. The number of nitrogens with two attached hydrogens (primary N) is 1. The minimum Gasteiger partial charge on any atom is -0.493 e. The lowest BCUT2D eigenvalue weighted by molar-refractivity contribution is -0.127. The van der Waals surface area contributed by atoms with Crippen LogP contribution in [0, 0.1) is 30.6 Å². The van der Waals surface area contributed by atoms with Gasteiger partial charge in [0.15, 0.2) is 11.5 Å². The van der Waals surface area contributed by atoms with Crippen LogP contribution in [-0.4, -0.2) is 50.6 Å². The van der Waals surface area contributed by atoms with Crippen molar-refractivity contribution in [2.45, 2.75) is 79.0 Å². The summed E-state index contributed by atoms with van der Waals surface area (Å²) in [4.78, 5) is 13.1. The molecule has 224 valence electrons. The van der Waals surface area contributed by atoms with E-state index in [9.17, 15) is 9.90 Å². The van der Waals surface area contributed by atoms with Gasteiger partial charge in [-0.3, -0.25) is 4.79 Å². The topological polar surface area (TPSA) is 103 Å². The Bertz CT molecular complexity index is 1030. The number of carbonyl (C=O) groups excluding carboxylic acids is 1. The monoisotopic (exact) mass is 556 g/mol. The fourth-order valence-corrected chi connectivity index (χ4v) is 5.01. The quantitative estimate of drug-likeness (QED) is 0.216. The molecule has 2 rings (SSSR count).